The van der Waals surface area contributed by atoms with Gasteiger partial charge in [-0.05, 0) is 76.5 Å². The van der Waals surface area contributed by atoms with E-state index in [2.05, 4.69) is 46.1 Å². The Hall–Kier alpha value is -5.89. The smallest absolute Gasteiger partial charge is 0.411 e. The van der Waals surface area contributed by atoms with Gasteiger partial charge in [0.05, 0.1) is 30.1 Å². The van der Waals surface area contributed by atoms with Crippen LogP contribution < -0.4 is 21.9 Å². The number of aromatic amines is 1. The van der Waals surface area contributed by atoms with Crippen molar-refractivity contribution >= 4 is 41.2 Å². The first-order chi connectivity index (χ1) is 21.3. The second-order valence-electron chi connectivity index (χ2n) is 9.38. The lowest BCUT2D eigenvalue weighted by molar-refractivity contribution is -0.117. The predicted octanol–water partition coefficient (Wildman–Crippen LogP) is 3.33. The number of methoxy groups -OCH3 is 1. The number of H-pyrrole nitrogens is 1. The zero-order valence-electron chi connectivity index (χ0n) is 23.1. The Labute approximate surface area is 254 Å². The fourth-order valence-corrected chi connectivity index (χ4v) is 4.44. The van der Waals surface area contributed by atoms with Crippen LogP contribution in [0.3, 0.4) is 0 Å². The van der Waals surface area contributed by atoms with Crippen molar-refractivity contribution in [2.75, 3.05) is 18.2 Å². The van der Waals surface area contributed by atoms with Crippen LogP contribution in [-0.2, 0) is 16.0 Å². The predicted molar refractivity (Wildman–Crippen MR) is 163 cm³/mol. The maximum Gasteiger partial charge on any atom is 0.411 e. The van der Waals surface area contributed by atoms with E-state index in [-0.39, 0.29) is 0 Å². The molecule has 0 fully saturated rings. The van der Waals surface area contributed by atoms with Gasteiger partial charge in [-0.3, -0.25) is 14.9 Å². The van der Waals surface area contributed by atoms with Crippen molar-refractivity contribution in [3.05, 3.63) is 111 Å². The van der Waals surface area contributed by atoms with Gasteiger partial charge < -0.3 is 15.8 Å². The fourth-order valence-electron chi connectivity index (χ4n) is 4.26. The van der Waals surface area contributed by atoms with Crippen LogP contribution in [-0.4, -0.2) is 54.5 Å². The number of halogens is 1. The monoisotopic (exact) mass is 612 g/mol. The third-order valence-electron chi connectivity index (χ3n) is 6.41. The summed E-state index contributed by atoms with van der Waals surface area (Å²) >= 11 is 6.20. The van der Waals surface area contributed by atoms with Crippen molar-refractivity contribution in [2.45, 2.75) is 12.5 Å². The minimum atomic E-state index is -0.674. The number of anilines is 2. The molecule has 3 heterocycles. The largest absolute Gasteiger partial charge is 0.453 e. The lowest BCUT2D eigenvalue weighted by Gasteiger charge is -2.18. The molecule has 0 aliphatic heterocycles. The van der Waals surface area contributed by atoms with Gasteiger partial charge in [-0.25, -0.2) is 14.9 Å². The molecule has 5 N–H and O–H groups in total. The molecule has 0 aliphatic rings. The molecule has 0 saturated heterocycles. The molecule has 0 radical (unpaired) electrons. The molecule has 0 aliphatic carbocycles. The van der Waals surface area contributed by atoms with E-state index < -0.39 is 23.6 Å². The molecule has 222 valence electrons. The minimum absolute atomic E-state index is 0.292. The molecule has 5 rings (SSSR count). The number of nitrogens with zero attached hydrogens (tertiary/aromatic N) is 6. The van der Waals surface area contributed by atoms with E-state index in [1.54, 1.807) is 72.9 Å². The van der Waals surface area contributed by atoms with Gasteiger partial charge in [0, 0.05) is 28.5 Å². The average Bonchev–Trinajstić information content (AvgIpc) is 3.56. The SMILES string of the molecule is COC(=O)Nc1ccc(-c2cc([C@H](Cc3ccc(N)nc3)NC(=O)/C=C/c3cc(Cl)ccc3-n3cnnn3)n[nH]c2=O)cc1. The number of rotatable bonds is 9. The lowest BCUT2D eigenvalue weighted by atomic mass is 10.0. The van der Waals surface area contributed by atoms with Crippen LogP contribution in [0.5, 0.6) is 0 Å². The second-order valence-corrected chi connectivity index (χ2v) is 9.81. The molecule has 3 aromatic heterocycles. The molecule has 2 amide bonds. The van der Waals surface area contributed by atoms with Crippen LogP contribution in [0.4, 0.5) is 16.3 Å². The molecule has 0 spiro atoms. The van der Waals surface area contributed by atoms with E-state index in [0.29, 0.717) is 51.0 Å². The summed E-state index contributed by atoms with van der Waals surface area (Å²) in [5, 5.41) is 24.0. The maximum absolute atomic E-state index is 13.2. The van der Waals surface area contributed by atoms with E-state index in [9.17, 15) is 14.4 Å². The van der Waals surface area contributed by atoms with Crippen LogP contribution in [0, 0.1) is 0 Å². The van der Waals surface area contributed by atoms with Gasteiger partial charge in [-0.15, -0.1) is 5.10 Å². The summed E-state index contributed by atoms with van der Waals surface area (Å²) < 4.78 is 6.06. The number of carbonyl (C=O) groups excluding carboxylic acids is 2. The van der Waals surface area contributed by atoms with E-state index in [4.69, 9.17) is 17.3 Å². The number of nitrogen functional groups attached to an aromatic ring is 1. The quantitative estimate of drug-likeness (QED) is 0.179. The van der Waals surface area contributed by atoms with Gasteiger partial charge in [0.15, 0.2) is 0 Å². The minimum Gasteiger partial charge on any atom is -0.453 e. The number of pyridine rings is 1. The Morgan fingerprint density at radius 2 is 1.95 bits per heavy atom. The highest BCUT2D eigenvalue weighted by atomic mass is 35.5. The lowest BCUT2D eigenvalue weighted by Crippen LogP contribution is -2.30. The number of ether oxygens (including phenoxy) is 1. The molecule has 14 nitrogen and oxygen atoms in total. The number of tetrazole rings is 1. The molecule has 2 aromatic carbocycles. The van der Waals surface area contributed by atoms with Crippen LogP contribution in [0.15, 0.2) is 84.1 Å². The van der Waals surface area contributed by atoms with Crippen LogP contribution >= 0.6 is 11.6 Å². The standard InChI is InChI=1S/C29H25ClN10O4/c1-44-29(43)34-21-7-3-18(4-8-21)22-14-24(36-37-28(22)42)23(12-17-2-10-26(31)32-15-17)35-27(41)11-5-19-13-20(30)6-9-25(19)40-16-33-38-39-40/h2-11,13-16,23H,12H2,1H3,(H2,31,32)(H,34,43)(H,35,41)(H,37,42)/b11-5+/t23-/m0/s1. The summed E-state index contributed by atoms with van der Waals surface area (Å²) in [6, 6.07) is 16.1. The molecule has 0 unspecified atom stereocenters. The number of aromatic nitrogens is 7. The molecule has 5 aromatic rings. The normalized spacial score (nSPS) is 11.7. The third kappa shape index (κ3) is 7.30. The van der Waals surface area contributed by atoms with E-state index in [1.807, 2.05) is 0 Å². The third-order valence-corrected chi connectivity index (χ3v) is 6.65. The number of benzene rings is 2. The molecule has 0 saturated carbocycles. The highest BCUT2D eigenvalue weighted by Gasteiger charge is 2.19. The highest BCUT2D eigenvalue weighted by Crippen LogP contribution is 2.24. The zero-order chi connectivity index (χ0) is 31.1. The van der Waals surface area contributed by atoms with Crippen molar-refractivity contribution in [3.63, 3.8) is 0 Å². The molecule has 0 bridgehead atoms. The summed E-state index contributed by atoms with van der Waals surface area (Å²) in [4.78, 5) is 41.7. The first kappa shape index (κ1) is 29.6. The summed E-state index contributed by atoms with van der Waals surface area (Å²) in [7, 11) is 1.26. The summed E-state index contributed by atoms with van der Waals surface area (Å²) in [5.41, 5.74) is 9.09. The van der Waals surface area contributed by atoms with Gasteiger partial charge in [-0.1, -0.05) is 29.8 Å². The van der Waals surface area contributed by atoms with E-state index >= 15 is 0 Å². The van der Waals surface area contributed by atoms with Gasteiger partial charge in [0.1, 0.15) is 12.1 Å². The van der Waals surface area contributed by atoms with E-state index in [1.165, 1.54) is 24.2 Å². The van der Waals surface area contributed by atoms with Gasteiger partial charge >= 0.3 is 6.09 Å². The number of hydrogen-bond acceptors (Lipinski definition) is 10. The first-order valence-electron chi connectivity index (χ1n) is 13.1. The van der Waals surface area contributed by atoms with Gasteiger partial charge in [-0.2, -0.15) is 9.78 Å². The van der Waals surface area contributed by atoms with Crippen LogP contribution in [0.1, 0.15) is 22.9 Å². The van der Waals surface area contributed by atoms with Crippen molar-refractivity contribution in [1.29, 1.82) is 0 Å². The number of nitrogens with two attached hydrogens (primary N) is 1. The van der Waals surface area contributed by atoms with Gasteiger partial charge in [0.25, 0.3) is 5.56 Å². The molecule has 15 heteroatoms. The van der Waals surface area contributed by atoms with Crippen LogP contribution in [0.2, 0.25) is 5.02 Å². The number of carbonyl (C=O) groups is 2. The van der Waals surface area contributed by atoms with Gasteiger partial charge in [0.2, 0.25) is 5.91 Å². The maximum atomic E-state index is 13.2. The van der Waals surface area contributed by atoms with Crippen LogP contribution in [0.25, 0.3) is 22.9 Å². The highest BCUT2D eigenvalue weighted by molar-refractivity contribution is 6.30. The topological polar surface area (TPSA) is 196 Å². The Kier molecular flexibility index (Phi) is 9.01. The number of amides is 2. The summed E-state index contributed by atoms with van der Waals surface area (Å²) in [6.07, 6.45) is 5.66. The Bertz CT molecular complexity index is 1860. The molecule has 44 heavy (non-hydrogen) atoms. The first-order valence-corrected chi connectivity index (χ1v) is 13.4. The summed E-state index contributed by atoms with van der Waals surface area (Å²) in [6.45, 7) is 0. The Balaban J connectivity index is 1.43. The second kappa shape index (κ2) is 13.4. The molecule has 1 atom stereocenters. The average molecular weight is 613 g/mol. The Morgan fingerprint density at radius 3 is 2.66 bits per heavy atom. The number of hydrogen-bond donors (Lipinski definition) is 4. The Morgan fingerprint density at radius 1 is 1.14 bits per heavy atom. The van der Waals surface area contributed by atoms with Crippen molar-refractivity contribution < 1.29 is 14.3 Å². The van der Waals surface area contributed by atoms with Crippen molar-refractivity contribution in [3.8, 4) is 16.8 Å². The zero-order valence-corrected chi connectivity index (χ0v) is 23.9. The molecular formula is C29H25ClN10O4. The number of nitrogens with one attached hydrogen (secondary N) is 3. The summed E-state index contributed by atoms with van der Waals surface area (Å²) in [5.74, 6) is -0.0828. The fraction of sp³-hybridized carbons (Fsp3) is 0.103. The van der Waals surface area contributed by atoms with Crippen molar-refractivity contribution in [2.24, 2.45) is 0 Å². The molecular weight excluding hydrogens is 588 g/mol. The van der Waals surface area contributed by atoms with E-state index in [0.717, 1.165) is 5.56 Å². The van der Waals surface area contributed by atoms with Crippen molar-refractivity contribution in [1.82, 2.24) is 40.7 Å².